The second kappa shape index (κ2) is 7.07. The first-order valence-corrected chi connectivity index (χ1v) is 8.96. The van der Waals surface area contributed by atoms with Gasteiger partial charge < -0.3 is 20.5 Å². The van der Waals surface area contributed by atoms with Gasteiger partial charge in [0.2, 0.25) is 11.9 Å². The highest BCUT2D eigenvalue weighted by Crippen LogP contribution is 2.36. The summed E-state index contributed by atoms with van der Waals surface area (Å²) in [6, 6.07) is 5.57. The Morgan fingerprint density at radius 3 is 2.72 bits per heavy atom. The summed E-state index contributed by atoms with van der Waals surface area (Å²) < 4.78 is 49.0. The van der Waals surface area contributed by atoms with Crippen molar-refractivity contribution in [2.75, 3.05) is 24.3 Å². The lowest BCUT2D eigenvalue weighted by molar-refractivity contribution is -0.274. The Morgan fingerprint density at radius 2 is 2.00 bits per heavy atom. The Bertz CT molecular complexity index is 1030. The maximum Gasteiger partial charge on any atom is 0.573 e. The third kappa shape index (κ3) is 4.04. The monoisotopic (exact) mass is 408 g/mol. The van der Waals surface area contributed by atoms with Crippen molar-refractivity contribution in [3.05, 3.63) is 30.5 Å². The van der Waals surface area contributed by atoms with E-state index in [1.807, 2.05) is 4.57 Å². The smallest absolute Gasteiger partial charge is 0.406 e. The zero-order valence-corrected chi connectivity index (χ0v) is 15.5. The van der Waals surface area contributed by atoms with Gasteiger partial charge in [0.05, 0.1) is 11.7 Å². The summed E-state index contributed by atoms with van der Waals surface area (Å²) in [6.45, 7) is 3.21. The van der Waals surface area contributed by atoms with Crippen LogP contribution in [0.1, 0.15) is 19.8 Å². The normalized spacial score (nSPS) is 16.7. The van der Waals surface area contributed by atoms with E-state index in [1.165, 1.54) is 24.4 Å². The number of nitrogen functional groups attached to an aromatic ring is 1. The molecule has 1 fully saturated rings. The minimum absolute atomic E-state index is 0.112. The van der Waals surface area contributed by atoms with Crippen LogP contribution in [0.5, 0.6) is 5.75 Å². The molecule has 1 aromatic carbocycles. The highest BCUT2D eigenvalue weighted by molar-refractivity contribution is 5.76. The van der Waals surface area contributed by atoms with Gasteiger partial charge in [-0.1, -0.05) is 6.07 Å². The number of rotatable bonds is 4. The quantitative estimate of drug-likeness (QED) is 0.681. The number of ether oxygens (including phenoxy) is 2. The Kier molecular flexibility index (Phi) is 4.69. The van der Waals surface area contributed by atoms with Crippen LogP contribution in [0.25, 0.3) is 11.2 Å². The van der Waals surface area contributed by atoms with Crippen molar-refractivity contribution in [3.63, 3.8) is 0 Å². The molecule has 2 aromatic heterocycles. The van der Waals surface area contributed by atoms with Crippen molar-refractivity contribution in [2.24, 2.45) is 0 Å². The zero-order valence-electron chi connectivity index (χ0n) is 15.5. The second-order valence-corrected chi connectivity index (χ2v) is 7.02. The minimum atomic E-state index is -4.77. The van der Waals surface area contributed by atoms with Crippen LogP contribution < -0.4 is 15.8 Å². The van der Waals surface area contributed by atoms with E-state index in [2.05, 4.69) is 31.9 Å². The predicted molar refractivity (Wildman–Crippen MR) is 99.8 cm³/mol. The molecule has 0 spiro atoms. The van der Waals surface area contributed by atoms with E-state index in [0.29, 0.717) is 48.9 Å². The van der Waals surface area contributed by atoms with Crippen LogP contribution in [0.4, 0.5) is 30.8 Å². The van der Waals surface area contributed by atoms with Gasteiger partial charge in [0.15, 0.2) is 5.65 Å². The molecule has 1 aliphatic heterocycles. The molecular formula is C18H19F3N6O2. The molecule has 1 saturated heterocycles. The standard InChI is InChI=1S/C18H19F3N6O2/c1-17(5-7-28-8-6-17)27-14-13(10-23-15(22)26-14)25-16(27)24-11-3-2-4-12(9-11)29-18(19,20)21/h2-4,9-10H,5-8H2,1H3,(H,24,25)(H2,22,23,26). The van der Waals surface area contributed by atoms with Crippen molar-refractivity contribution in [1.29, 1.82) is 0 Å². The van der Waals surface area contributed by atoms with Gasteiger partial charge in [0.1, 0.15) is 11.3 Å². The SMILES string of the molecule is CC1(n2c(Nc3cccc(OC(F)(F)F)c3)nc3cnc(N)nc32)CCOCC1. The number of benzene rings is 1. The average molecular weight is 408 g/mol. The van der Waals surface area contributed by atoms with Gasteiger partial charge in [-0.05, 0) is 31.9 Å². The summed E-state index contributed by atoms with van der Waals surface area (Å²) in [5.41, 5.74) is 6.87. The molecule has 1 aliphatic rings. The third-order valence-electron chi connectivity index (χ3n) is 4.85. The van der Waals surface area contributed by atoms with Crippen LogP contribution in [-0.4, -0.2) is 39.1 Å². The van der Waals surface area contributed by atoms with E-state index in [-0.39, 0.29) is 17.2 Å². The maximum absolute atomic E-state index is 12.5. The number of hydrogen-bond acceptors (Lipinski definition) is 7. The van der Waals surface area contributed by atoms with Crippen molar-refractivity contribution in [3.8, 4) is 5.75 Å². The number of nitrogens with zero attached hydrogens (tertiary/aromatic N) is 4. The number of fused-ring (bicyclic) bond motifs is 1. The van der Waals surface area contributed by atoms with Crippen LogP contribution in [0.3, 0.4) is 0 Å². The molecule has 4 rings (SSSR count). The van der Waals surface area contributed by atoms with Crippen molar-refractivity contribution in [2.45, 2.75) is 31.7 Å². The van der Waals surface area contributed by atoms with Crippen LogP contribution in [0.15, 0.2) is 30.5 Å². The van der Waals surface area contributed by atoms with Crippen LogP contribution in [0, 0.1) is 0 Å². The fourth-order valence-electron chi connectivity index (χ4n) is 3.42. The van der Waals surface area contributed by atoms with Crippen molar-refractivity contribution >= 4 is 28.7 Å². The molecule has 3 N–H and O–H groups in total. The molecular weight excluding hydrogens is 389 g/mol. The third-order valence-corrected chi connectivity index (χ3v) is 4.85. The lowest BCUT2D eigenvalue weighted by atomic mass is 9.92. The van der Waals surface area contributed by atoms with Gasteiger partial charge in [-0.3, -0.25) is 4.57 Å². The van der Waals surface area contributed by atoms with E-state index in [0.717, 1.165) is 0 Å². The van der Waals surface area contributed by atoms with Crippen molar-refractivity contribution in [1.82, 2.24) is 19.5 Å². The molecule has 0 saturated carbocycles. The molecule has 0 bridgehead atoms. The molecule has 8 nitrogen and oxygen atoms in total. The number of anilines is 3. The molecule has 29 heavy (non-hydrogen) atoms. The topological polar surface area (TPSA) is 100 Å². The van der Waals surface area contributed by atoms with Gasteiger partial charge in [0, 0.05) is 25.0 Å². The van der Waals surface area contributed by atoms with Gasteiger partial charge >= 0.3 is 6.36 Å². The Hall–Kier alpha value is -3.08. The van der Waals surface area contributed by atoms with Crippen LogP contribution >= 0.6 is 0 Å². The highest BCUT2D eigenvalue weighted by atomic mass is 19.4. The van der Waals surface area contributed by atoms with Gasteiger partial charge in [-0.2, -0.15) is 4.98 Å². The van der Waals surface area contributed by atoms with E-state index < -0.39 is 6.36 Å². The first kappa shape index (κ1) is 19.2. The number of hydrogen-bond donors (Lipinski definition) is 2. The lowest BCUT2D eigenvalue weighted by Crippen LogP contribution is -2.37. The van der Waals surface area contributed by atoms with E-state index in [4.69, 9.17) is 10.5 Å². The second-order valence-electron chi connectivity index (χ2n) is 7.02. The zero-order chi connectivity index (χ0) is 20.6. The molecule has 3 heterocycles. The fraction of sp³-hybridized carbons (Fsp3) is 0.389. The Morgan fingerprint density at radius 1 is 1.24 bits per heavy atom. The predicted octanol–water partition coefficient (Wildman–Crippen LogP) is 3.58. The number of halogens is 3. The Labute approximate surface area is 163 Å². The highest BCUT2D eigenvalue weighted by Gasteiger charge is 2.34. The molecule has 3 aromatic rings. The molecule has 11 heteroatoms. The minimum Gasteiger partial charge on any atom is -0.406 e. The number of nitrogens with two attached hydrogens (primary N) is 1. The summed E-state index contributed by atoms with van der Waals surface area (Å²) in [4.78, 5) is 12.9. The fourth-order valence-corrected chi connectivity index (χ4v) is 3.42. The summed E-state index contributed by atoms with van der Waals surface area (Å²) in [5.74, 6) is 0.210. The number of aromatic nitrogens is 4. The lowest BCUT2D eigenvalue weighted by Gasteiger charge is -2.36. The molecule has 154 valence electrons. The number of imidazole rings is 1. The average Bonchev–Trinajstić information content (AvgIpc) is 2.99. The van der Waals surface area contributed by atoms with Gasteiger partial charge in [-0.15, -0.1) is 13.2 Å². The van der Waals surface area contributed by atoms with Crippen LogP contribution in [-0.2, 0) is 10.3 Å². The van der Waals surface area contributed by atoms with Gasteiger partial charge in [-0.25, -0.2) is 9.97 Å². The maximum atomic E-state index is 12.5. The van der Waals surface area contributed by atoms with E-state index in [9.17, 15) is 13.2 Å². The molecule has 0 aliphatic carbocycles. The number of nitrogens with one attached hydrogen (secondary N) is 1. The van der Waals surface area contributed by atoms with E-state index >= 15 is 0 Å². The van der Waals surface area contributed by atoms with Crippen LogP contribution in [0.2, 0.25) is 0 Å². The number of alkyl halides is 3. The molecule has 0 atom stereocenters. The molecule has 0 radical (unpaired) electrons. The summed E-state index contributed by atoms with van der Waals surface area (Å²) in [5, 5.41) is 3.09. The molecule has 0 unspecified atom stereocenters. The van der Waals surface area contributed by atoms with Crippen molar-refractivity contribution < 1.29 is 22.6 Å². The summed E-state index contributed by atoms with van der Waals surface area (Å²) >= 11 is 0. The summed E-state index contributed by atoms with van der Waals surface area (Å²) in [6.07, 6.45) is -1.82. The summed E-state index contributed by atoms with van der Waals surface area (Å²) in [7, 11) is 0. The largest absolute Gasteiger partial charge is 0.573 e. The first-order chi connectivity index (χ1) is 13.7. The molecule has 0 amide bonds. The Balaban J connectivity index is 1.76. The van der Waals surface area contributed by atoms with E-state index in [1.54, 1.807) is 6.07 Å². The first-order valence-electron chi connectivity index (χ1n) is 8.96. The van der Waals surface area contributed by atoms with Gasteiger partial charge in [0.25, 0.3) is 0 Å².